The van der Waals surface area contributed by atoms with Crippen molar-refractivity contribution in [2.75, 3.05) is 0 Å². The van der Waals surface area contributed by atoms with Crippen molar-refractivity contribution in [2.24, 2.45) is 5.92 Å². The van der Waals surface area contributed by atoms with E-state index in [0.717, 1.165) is 39.7 Å². The van der Waals surface area contributed by atoms with Gasteiger partial charge in [0.15, 0.2) is 4.77 Å². The number of fused-ring (bicyclic) bond motifs is 1. The van der Waals surface area contributed by atoms with E-state index in [-0.39, 0.29) is 0 Å². The van der Waals surface area contributed by atoms with Crippen LogP contribution in [0.4, 0.5) is 0 Å². The summed E-state index contributed by atoms with van der Waals surface area (Å²) < 4.78 is 2.94. The summed E-state index contributed by atoms with van der Waals surface area (Å²) in [4.78, 5) is 3.20. The molecular weight excluding hydrogens is 252 g/mol. The minimum absolute atomic E-state index is 0.739. The Labute approximate surface area is 112 Å². The van der Waals surface area contributed by atoms with E-state index in [9.17, 15) is 0 Å². The van der Waals surface area contributed by atoms with E-state index in [0.29, 0.717) is 0 Å². The van der Waals surface area contributed by atoms with E-state index in [1.807, 2.05) is 18.2 Å². The maximum absolute atomic E-state index is 5.96. The summed E-state index contributed by atoms with van der Waals surface area (Å²) in [7, 11) is 0. The van der Waals surface area contributed by atoms with Crippen LogP contribution in [0.15, 0.2) is 18.2 Å². The molecule has 0 unspecified atom stereocenters. The van der Waals surface area contributed by atoms with Crippen molar-refractivity contribution in [3.8, 4) is 0 Å². The lowest BCUT2D eigenvalue weighted by Crippen LogP contribution is -1.99. The van der Waals surface area contributed by atoms with Gasteiger partial charge in [-0.05, 0) is 49.2 Å². The lowest BCUT2D eigenvalue weighted by molar-refractivity contribution is 0.515. The Balaban J connectivity index is 2.27. The van der Waals surface area contributed by atoms with Crippen LogP contribution in [0.25, 0.3) is 11.0 Å². The molecule has 92 valence electrons. The SMILES string of the molecule is CC(C)CCCn1c(=S)[nH]c2cc(Cl)ccc21. The van der Waals surface area contributed by atoms with Crippen molar-refractivity contribution in [2.45, 2.75) is 33.2 Å². The Kier molecular flexibility index (Phi) is 3.89. The first-order valence-electron chi connectivity index (χ1n) is 5.96. The molecule has 1 heterocycles. The number of hydrogen-bond donors (Lipinski definition) is 1. The van der Waals surface area contributed by atoms with E-state index < -0.39 is 0 Å². The van der Waals surface area contributed by atoms with Gasteiger partial charge in [-0.15, -0.1) is 0 Å². The molecule has 2 nitrogen and oxygen atoms in total. The molecule has 1 aromatic carbocycles. The number of rotatable bonds is 4. The third-order valence-corrected chi connectivity index (χ3v) is 3.46. The Bertz CT molecular complexity index is 568. The van der Waals surface area contributed by atoms with Crippen molar-refractivity contribution in [1.29, 1.82) is 0 Å². The first-order valence-corrected chi connectivity index (χ1v) is 6.74. The standard InChI is InChI=1S/C13H17ClN2S/c1-9(2)4-3-7-16-12-6-5-10(14)8-11(12)15-13(16)17/h5-6,8-9H,3-4,7H2,1-2H3,(H,15,17). The molecule has 1 N–H and O–H groups in total. The highest BCUT2D eigenvalue weighted by Gasteiger charge is 2.05. The third kappa shape index (κ3) is 2.90. The molecule has 0 fully saturated rings. The Morgan fingerprint density at radius 2 is 2.18 bits per heavy atom. The second-order valence-electron chi connectivity index (χ2n) is 4.78. The zero-order valence-corrected chi connectivity index (χ0v) is 11.7. The van der Waals surface area contributed by atoms with E-state index in [1.54, 1.807) is 0 Å². The molecule has 0 bridgehead atoms. The molecule has 17 heavy (non-hydrogen) atoms. The van der Waals surface area contributed by atoms with Gasteiger partial charge >= 0.3 is 0 Å². The van der Waals surface area contributed by atoms with Gasteiger partial charge in [0.2, 0.25) is 0 Å². The maximum Gasteiger partial charge on any atom is 0.178 e. The van der Waals surface area contributed by atoms with Gasteiger partial charge in [0, 0.05) is 11.6 Å². The zero-order chi connectivity index (χ0) is 12.4. The number of aromatic amines is 1. The molecule has 0 saturated carbocycles. The number of aryl methyl sites for hydroxylation is 1. The molecular formula is C13H17ClN2S. The lowest BCUT2D eigenvalue weighted by Gasteiger charge is -2.06. The quantitative estimate of drug-likeness (QED) is 0.791. The number of hydrogen-bond acceptors (Lipinski definition) is 1. The Hall–Kier alpha value is -0.800. The Morgan fingerprint density at radius 1 is 1.41 bits per heavy atom. The average Bonchev–Trinajstić information content (AvgIpc) is 2.54. The summed E-state index contributed by atoms with van der Waals surface area (Å²) in [5, 5.41) is 0.739. The smallest absolute Gasteiger partial charge is 0.178 e. The topological polar surface area (TPSA) is 20.7 Å². The molecule has 2 aromatic rings. The molecule has 0 spiro atoms. The molecule has 0 aliphatic carbocycles. The van der Waals surface area contributed by atoms with Crippen LogP contribution in [0.5, 0.6) is 0 Å². The van der Waals surface area contributed by atoms with E-state index in [2.05, 4.69) is 23.4 Å². The van der Waals surface area contributed by atoms with Crippen LogP contribution in [-0.2, 0) is 6.54 Å². The fraction of sp³-hybridized carbons (Fsp3) is 0.462. The highest BCUT2D eigenvalue weighted by Crippen LogP contribution is 2.20. The predicted octanol–water partition coefficient (Wildman–Crippen LogP) is 4.79. The number of nitrogens with one attached hydrogen (secondary N) is 1. The van der Waals surface area contributed by atoms with Crippen LogP contribution in [0.3, 0.4) is 0 Å². The number of imidazole rings is 1. The molecule has 0 radical (unpaired) electrons. The van der Waals surface area contributed by atoms with Crippen LogP contribution in [0.1, 0.15) is 26.7 Å². The van der Waals surface area contributed by atoms with Gasteiger partial charge < -0.3 is 9.55 Å². The predicted molar refractivity (Wildman–Crippen MR) is 76.2 cm³/mol. The maximum atomic E-state index is 5.96. The minimum atomic E-state index is 0.739. The molecule has 2 rings (SSSR count). The molecule has 0 saturated heterocycles. The molecule has 0 atom stereocenters. The second kappa shape index (κ2) is 5.23. The fourth-order valence-corrected chi connectivity index (χ4v) is 2.49. The van der Waals surface area contributed by atoms with Crippen LogP contribution in [0.2, 0.25) is 5.02 Å². The first-order chi connectivity index (χ1) is 8.08. The van der Waals surface area contributed by atoms with Crippen molar-refractivity contribution in [3.63, 3.8) is 0 Å². The average molecular weight is 269 g/mol. The summed E-state index contributed by atoms with van der Waals surface area (Å²) in [5.41, 5.74) is 2.16. The van der Waals surface area contributed by atoms with Gasteiger partial charge in [-0.2, -0.15) is 0 Å². The van der Waals surface area contributed by atoms with Crippen molar-refractivity contribution >= 4 is 34.9 Å². The van der Waals surface area contributed by atoms with Crippen LogP contribution < -0.4 is 0 Å². The van der Waals surface area contributed by atoms with Crippen molar-refractivity contribution in [3.05, 3.63) is 28.0 Å². The molecule has 0 amide bonds. The van der Waals surface area contributed by atoms with Gasteiger partial charge in [0.25, 0.3) is 0 Å². The largest absolute Gasteiger partial charge is 0.331 e. The van der Waals surface area contributed by atoms with Gasteiger partial charge in [0.05, 0.1) is 11.0 Å². The Morgan fingerprint density at radius 3 is 2.88 bits per heavy atom. The molecule has 4 heteroatoms. The fourth-order valence-electron chi connectivity index (χ4n) is 2.02. The van der Waals surface area contributed by atoms with Gasteiger partial charge in [-0.3, -0.25) is 0 Å². The number of halogens is 1. The summed E-state index contributed by atoms with van der Waals surface area (Å²) in [6.45, 7) is 5.46. The number of aromatic nitrogens is 2. The first kappa shape index (κ1) is 12.7. The monoisotopic (exact) mass is 268 g/mol. The van der Waals surface area contributed by atoms with E-state index >= 15 is 0 Å². The van der Waals surface area contributed by atoms with Gasteiger partial charge in [-0.1, -0.05) is 25.4 Å². The lowest BCUT2D eigenvalue weighted by atomic mass is 10.1. The highest BCUT2D eigenvalue weighted by molar-refractivity contribution is 7.71. The summed E-state index contributed by atoms with van der Waals surface area (Å²) >= 11 is 11.3. The van der Waals surface area contributed by atoms with E-state index in [1.165, 1.54) is 6.42 Å². The van der Waals surface area contributed by atoms with Crippen LogP contribution >= 0.6 is 23.8 Å². The second-order valence-corrected chi connectivity index (χ2v) is 5.60. The minimum Gasteiger partial charge on any atom is -0.331 e. The highest BCUT2D eigenvalue weighted by atomic mass is 35.5. The van der Waals surface area contributed by atoms with Crippen molar-refractivity contribution < 1.29 is 0 Å². The summed E-state index contributed by atoms with van der Waals surface area (Å²) in [6.07, 6.45) is 2.38. The van der Waals surface area contributed by atoms with Gasteiger partial charge in [-0.25, -0.2) is 0 Å². The van der Waals surface area contributed by atoms with Crippen molar-refractivity contribution in [1.82, 2.24) is 9.55 Å². The number of benzene rings is 1. The third-order valence-electron chi connectivity index (χ3n) is 2.90. The molecule has 1 aromatic heterocycles. The number of H-pyrrole nitrogens is 1. The van der Waals surface area contributed by atoms with Crippen LogP contribution in [-0.4, -0.2) is 9.55 Å². The zero-order valence-electron chi connectivity index (χ0n) is 10.2. The normalized spacial score (nSPS) is 11.5. The van der Waals surface area contributed by atoms with E-state index in [4.69, 9.17) is 23.8 Å². The molecule has 0 aliphatic heterocycles. The van der Waals surface area contributed by atoms with Crippen LogP contribution in [0, 0.1) is 10.7 Å². The summed E-state index contributed by atoms with van der Waals surface area (Å²) in [5.74, 6) is 0.740. The van der Waals surface area contributed by atoms with Gasteiger partial charge in [0.1, 0.15) is 0 Å². The summed E-state index contributed by atoms with van der Waals surface area (Å²) in [6, 6.07) is 5.86. The molecule has 0 aliphatic rings. The number of nitrogens with zero attached hydrogens (tertiary/aromatic N) is 1.